The highest BCUT2D eigenvalue weighted by Crippen LogP contribution is 2.21. The first-order valence-electron chi connectivity index (χ1n) is 11.0. The summed E-state index contributed by atoms with van der Waals surface area (Å²) < 4.78 is 30.6. The Kier molecular flexibility index (Phi) is 6.07. The Labute approximate surface area is 204 Å². The molecule has 0 spiro atoms. The van der Waals surface area contributed by atoms with Crippen LogP contribution in [0.3, 0.4) is 0 Å². The maximum Gasteiger partial charge on any atom is 0.256 e. The number of anilines is 2. The van der Waals surface area contributed by atoms with E-state index in [1.165, 1.54) is 4.90 Å². The van der Waals surface area contributed by atoms with Gasteiger partial charge in [0.05, 0.1) is 17.5 Å². The van der Waals surface area contributed by atoms with Gasteiger partial charge in [-0.05, 0) is 30.3 Å². The highest BCUT2D eigenvalue weighted by Gasteiger charge is 2.18. The molecule has 12 heteroatoms. The van der Waals surface area contributed by atoms with Crippen molar-refractivity contribution in [2.45, 2.75) is 6.42 Å². The van der Waals surface area contributed by atoms with Gasteiger partial charge in [0, 0.05) is 57.2 Å². The number of carbonyl (C=O) groups is 1. The van der Waals surface area contributed by atoms with Crippen LogP contribution in [0.25, 0.3) is 16.9 Å². The second-order valence-electron chi connectivity index (χ2n) is 8.09. The van der Waals surface area contributed by atoms with Gasteiger partial charge in [-0.1, -0.05) is 0 Å². The molecule has 0 bridgehead atoms. The third-order valence-corrected chi connectivity index (χ3v) is 5.67. The number of nitrogens with zero attached hydrogens (tertiary/aromatic N) is 8. The second kappa shape index (κ2) is 9.49. The summed E-state index contributed by atoms with van der Waals surface area (Å²) in [5, 5.41) is 15.7. The molecule has 36 heavy (non-hydrogen) atoms. The van der Waals surface area contributed by atoms with Crippen LogP contribution in [0.1, 0.15) is 16.2 Å². The Balaban J connectivity index is 1.30. The third kappa shape index (κ3) is 4.60. The van der Waals surface area contributed by atoms with Crippen LogP contribution >= 0.6 is 0 Å². The zero-order valence-electron chi connectivity index (χ0n) is 19.4. The molecule has 5 aromatic rings. The van der Waals surface area contributed by atoms with Gasteiger partial charge >= 0.3 is 0 Å². The number of carbonyl (C=O) groups excluding carboxylic acids is 1. The van der Waals surface area contributed by atoms with Gasteiger partial charge < -0.3 is 10.2 Å². The topological polar surface area (TPSA) is 106 Å². The first-order chi connectivity index (χ1) is 17.4. The molecule has 0 aliphatic rings. The molecule has 0 atom stereocenters. The van der Waals surface area contributed by atoms with Crippen LogP contribution in [0.4, 0.5) is 20.5 Å². The van der Waals surface area contributed by atoms with Gasteiger partial charge in [0.15, 0.2) is 5.65 Å². The fraction of sp³-hybridized carbons (Fsp3) is 0.167. The first-order valence-corrected chi connectivity index (χ1v) is 11.0. The van der Waals surface area contributed by atoms with Crippen molar-refractivity contribution in [2.24, 2.45) is 7.05 Å². The maximum absolute atomic E-state index is 14.0. The minimum atomic E-state index is -0.893. The Hall–Kier alpha value is -4.74. The molecule has 1 amide bonds. The molecule has 0 radical (unpaired) electrons. The average molecular weight is 489 g/mol. The van der Waals surface area contributed by atoms with E-state index in [-0.39, 0.29) is 12.1 Å². The van der Waals surface area contributed by atoms with Crippen LogP contribution in [0.5, 0.6) is 0 Å². The standard InChI is InChI=1S/C24H21F2N9O/c1-33(23(36)17-4-3-16(25)14-18(17)26)11-8-21-31-32-22-13-15(7-12-35(21)22)19-5-9-27-24(29-19)30-20-6-10-28-34(20)2/h3-7,9-10,12-14H,8,11H2,1-2H3,(H,27,29,30). The Morgan fingerprint density at radius 1 is 1.08 bits per heavy atom. The number of pyridine rings is 1. The van der Waals surface area contributed by atoms with Crippen LogP contribution in [-0.2, 0) is 13.5 Å². The number of fused-ring (bicyclic) bond motifs is 1. The van der Waals surface area contributed by atoms with E-state index in [2.05, 4.69) is 30.6 Å². The molecule has 0 fully saturated rings. The van der Waals surface area contributed by atoms with Crippen LogP contribution in [0.15, 0.2) is 61.1 Å². The van der Waals surface area contributed by atoms with Gasteiger partial charge in [-0.3, -0.25) is 13.9 Å². The summed E-state index contributed by atoms with van der Waals surface area (Å²) in [4.78, 5) is 22.7. The minimum Gasteiger partial charge on any atom is -0.341 e. The number of aryl methyl sites for hydroxylation is 1. The smallest absolute Gasteiger partial charge is 0.256 e. The van der Waals surface area contributed by atoms with E-state index in [0.717, 1.165) is 23.5 Å². The lowest BCUT2D eigenvalue weighted by atomic mass is 10.2. The largest absolute Gasteiger partial charge is 0.341 e. The highest BCUT2D eigenvalue weighted by atomic mass is 19.1. The number of nitrogens with one attached hydrogen (secondary N) is 1. The van der Waals surface area contributed by atoms with E-state index in [9.17, 15) is 13.6 Å². The molecule has 0 saturated carbocycles. The number of rotatable bonds is 7. The molecule has 1 aromatic carbocycles. The number of hydrogen-bond donors (Lipinski definition) is 1. The zero-order valence-corrected chi connectivity index (χ0v) is 19.4. The number of amides is 1. The molecular weight excluding hydrogens is 468 g/mol. The summed E-state index contributed by atoms with van der Waals surface area (Å²) in [7, 11) is 3.37. The number of hydrogen-bond acceptors (Lipinski definition) is 7. The number of likely N-dealkylation sites (N-methyl/N-ethyl adjacent to an activating group) is 1. The molecule has 0 saturated heterocycles. The molecule has 4 heterocycles. The Bertz CT molecular complexity index is 1560. The monoisotopic (exact) mass is 489 g/mol. The van der Waals surface area contributed by atoms with E-state index >= 15 is 0 Å². The fourth-order valence-corrected chi connectivity index (χ4v) is 3.70. The van der Waals surface area contributed by atoms with Gasteiger partial charge in [-0.15, -0.1) is 10.2 Å². The molecule has 1 N–H and O–H groups in total. The molecule has 5 rings (SSSR count). The van der Waals surface area contributed by atoms with Crippen molar-refractivity contribution in [2.75, 3.05) is 18.9 Å². The Morgan fingerprint density at radius 2 is 1.94 bits per heavy atom. The molecule has 0 aliphatic carbocycles. The van der Waals surface area contributed by atoms with Crippen molar-refractivity contribution in [3.63, 3.8) is 0 Å². The van der Waals surface area contributed by atoms with Gasteiger partial charge in [0.1, 0.15) is 23.3 Å². The van der Waals surface area contributed by atoms with Crippen LogP contribution in [-0.4, -0.2) is 58.7 Å². The van der Waals surface area contributed by atoms with E-state index in [1.807, 2.05) is 35.8 Å². The van der Waals surface area contributed by atoms with Crippen LogP contribution in [0.2, 0.25) is 0 Å². The van der Waals surface area contributed by atoms with Gasteiger partial charge in [-0.25, -0.2) is 18.7 Å². The lowest BCUT2D eigenvalue weighted by Crippen LogP contribution is -2.30. The van der Waals surface area contributed by atoms with Crippen molar-refractivity contribution in [1.29, 1.82) is 0 Å². The van der Waals surface area contributed by atoms with Gasteiger partial charge in [-0.2, -0.15) is 5.10 Å². The Morgan fingerprint density at radius 3 is 2.72 bits per heavy atom. The third-order valence-electron chi connectivity index (χ3n) is 5.67. The summed E-state index contributed by atoms with van der Waals surface area (Å²) in [6, 6.07) is 10.3. The highest BCUT2D eigenvalue weighted by molar-refractivity contribution is 5.94. The van der Waals surface area contributed by atoms with Crippen molar-refractivity contribution >= 4 is 23.3 Å². The zero-order chi connectivity index (χ0) is 25.2. The molecular formula is C24H21F2N9O. The predicted molar refractivity (Wildman–Crippen MR) is 128 cm³/mol. The van der Waals surface area contributed by atoms with Crippen LogP contribution in [0, 0.1) is 11.6 Å². The normalized spacial score (nSPS) is 11.1. The summed E-state index contributed by atoms with van der Waals surface area (Å²) >= 11 is 0. The summed E-state index contributed by atoms with van der Waals surface area (Å²) in [5.74, 6) is -0.335. The quantitative estimate of drug-likeness (QED) is 0.374. The molecule has 0 aliphatic heterocycles. The number of aromatic nitrogens is 7. The SMILES string of the molecule is CN(CCc1nnc2cc(-c3ccnc(Nc4ccnn4C)n3)ccn12)C(=O)c1ccc(F)cc1F. The summed E-state index contributed by atoms with van der Waals surface area (Å²) in [6.45, 7) is 0.271. The van der Waals surface area contributed by atoms with E-state index < -0.39 is 17.5 Å². The van der Waals surface area contributed by atoms with Gasteiger partial charge in [0.2, 0.25) is 5.95 Å². The van der Waals surface area contributed by atoms with Crippen molar-refractivity contribution < 1.29 is 13.6 Å². The molecule has 182 valence electrons. The fourth-order valence-electron chi connectivity index (χ4n) is 3.70. The van der Waals surface area contributed by atoms with Crippen molar-refractivity contribution in [1.82, 2.24) is 39.2 Å². The predicted octanol–water partition coefficient (Wildman–Crippen LogP) is 3.26. The van der Waals surface area contributed by atoms with Crippen LogP contribution < -0.4 is 5.32 Å². The lowest BCUT2D eigenvalue weighted by Gasteiger charge is -2.17. The molecule has 4 aromatic heterocycles. The lowest BCUT2D eigenvalue weighted by molar-refractivity contribution is 0.0791. The molecule has 10 nitrogen and oxygen atoms in total. The minimum absolute atomic E-state index is 0.184. The average Bonchev–Trinajstić information content (AvgIpc) is 3.47. The second-order valence-corrected chi connectivity index (χ2v) is 8.09. The van der Waals surface area contributed by atoms with Crippen molar-refractivity contribution in [3.05, 3.63) is 84.1 Å². The maximum atomic E-state index is 14.0. The summed E-state index contributed by atoms with van der Waals surface area (Å²) in [5.41, 5.74) is 1.96. The number of benzene rings is 1. The van der Waals surface area contributed by atoms with Gasteiger partial charge in [0.25, 0.3) is 5.91 Å². The van der Waals surface area contributed by atoms with E-state index in [1.54, 1.807) is 30.2 Å². The van der Waals surface area contributed by atoms with E-state index in [4.69, 9.17) is 0 Å². The number of halogens is 2. The van der Waals surface area contributed by atoms with Crippen molar-refractivity contribution in [3.8, 4) is 11.3 Å². The van der Waals surface area contributed by atoms with E-state index in [0.29, 0.717) is 35.6 Å². The molecule has 0 unspecified atom stereocenters. The first kappa shape index (κ1) is 23.0. The summed E-state index contributed by atoms with van der Waals surface area (Å²) in [6.07, 6.45) is 5.56.